The van der Waals surface area contributed by atoms with Gasteiger partial charge in [0.05, 0.1) is 6.61 Å². The maximum atomic E-state index is 11.9. The van der Waals surface area contributed by atoms with Gasteiger partial charge in [0.2, 0.25) is 0 Å². The van der Waals surface area contributed by atoms with Crippen molar-refractivity contribution in [2.24, 2.45) is 5.41 Å². The van der Waals surface area contributed by atoms with Crippen LogP contribution in [-0.4, -0.2) is 31.5 Å². The van der Waals surface area contributed by atoms with Crippen LogP contribution in [0.4, 0.5) is 0 Å². The fourth-order valence-electron chi connectivity index (χ4n) is 1.15. The number of nitrogens with zero attached hydrogens (tertiary/aromatic N) is 1. The molecule has 0 aromatic rings. The van der Waals surface area contributed by atoms with E-state index in [-0.39, 0.29) is 5.41 Å². The normalized spacial score (nSPS) is 14.1. The van der Waals surface area contributed by atoms with E-state index < -0.39 is 7.52 Å². The van der Waals surface area contributed by atoms with Crippen molar-refractivity contribution in [3.8, 4) is 0 Å². The second kappa shape index (κ2) is 11.3. The van der Waals surface area contributed by atoms with Gasteiger partial charge in [-0.25, -0.2) is 4.67 Å². The summed E-state index contributed by atoms with van der Waals surface area (Å²) >= 11 is 0. The molecular weight excluding hydrogens is 233 g/mol. The van der Waals surface area contributed by atoms with Crippen molar-refractivity contribution in [2.75, 3.05) is 26.9 Å². The van der Waals surface area contributed by atoms with Gasteiger partial charge in [0.25, 0.3) is 7.52 Å². The molecule has 0 aliphatic carbocycles. The van der Waals surface area contributed by atoms with E-state index in [0.717, 1.165) is 6.54 Å². The first-order valence-corrected chi connectivity index (χ1v) is 8.65. The monoisotopic (exact) mass is 267 g/mol. The van der Waals surface area contributed by atoms with Crippen molar-refractivity contribution in [2.45, 2.75) is 55.4 Å². The molecule has 0 N–H and O–H groups in total. The van der Waals surface area contributed by atoms with Gasteiger partial charge >= 0.3 is 0 Å². The molecule has 4 heteroatoms. The summed E-state index contributed by atoms with van der Waals surface area (Å²) in [4.78, 5) is 0. The zero-order valence-electron chi connectivity index (χ0n) is 13.6. The molecule has 108 valence electrons. The van der Waals surface area contributed by atoms with Gasteiger partial charge < -0.3 is 4.52 Å². The zero-order valence-corrected chi connectivity index (χ0v) is 14.5. The number of hydrogen-bond acceptors (Lipinski definition) is 2. The molecule has 0 radical (unpaired) electrons. The van der Waals surface area contributed by atoms with E-state index in [1.807, 2.05) is 46.3 Å². The smallest absolute Gasteiger partial charge is 0.269 e. The third-order valence-corrected chi connectivity index (χ3v) is 3.81. The van der Waals surface area contributed by atoms with E-state index in [1.165, 1.54) is 0 Å². The molecule has 0 aliphatic heterocycles. The van der Waals surface area contributed by atoms with Gasteiger partial charge in [0.15, 0.2) is 0 Å². The Morgan fingerprint density at radius 1 is 1.12 bits per heavy atom. The molecule has 0 fully saturated rings. The van der Waals surface area contributed by atoms with Crippen LogP contribution in [0, 0.1) is 5.41 Å². The second-order valence-electron chi connectivity index (χ2n) is 4.60. The number of hydrogen-bond donors (Lipinski definition) is 0. The van der Waals surface area contributed by atoms with Gasteiger partial charge in [0.1, 0.15) is 0 Å². The summed E-state index contributed by atoms with van der Waals surface area (Å²) in [5.41, 5.74) is 0.150. The topological polar surface area (TPSA) is 29.5 Å². The highest BCUT2D eigenvalue weighted by Gasteiger charge is 2.25. The van der Waals surface area contributed by atoms with Gasteiger partial charge in [-0.1, -0.05) is 48.5 Å². The second-order valence-corrected chi connectivity index (χ2v) is 7.14. The summed E-state index contributed by atoms with van der Waals surface area (Å²) in [6.07, 6.45) is 0. The van der Waals surface area contributed by atoms with Gasteiger partial charge in [-0.2, -0.15) is 0 Å². The molecule has 0 bridgehead atoms. The summed E-state index contributed by atoms with van der Waals surface area (Å²) in [7, 11) is -0.698. The van der Waals surface area contributed by atoms with Crippen LogP contribution in [0.3, 0.4) is 0 Å². The van der Waals surface area contributed by atoms with Gasteiger partial charge in [-0.05, 0) is 19.4 Å². The van der Waals surface area contributed by atoms with Crippen LogP contribution in [0.1, 0.15) is 55.4 Å². The SMILES string of the molecule is CC.CC.CCOP(C)(=O)N(C)CC(C)(C)C. The molecular formula is C13H34NO2P. The fourth-order valence-corrected chi connectivity index (χ4v) is 2.51. The van der Waals surface area contributed by atoms with E-state index in [0.29, 0.717) is 6.61 Å². The molecule has 3 nitrogen and oxygen atoms in total. The van der Waals surface area contributed by atoms with Crippen molar-refractivity contribution in [3.05, 3.63) is 0 Å². The van der Waals surface area contributed by atoms with E-state index >= 15 is 0 Å². The average Bonchev–Trinajstić information content (AvgIpc) is 2.21. The lowest BCUT2D eigenvalue weighted by atomic mass is 9.97. The van der Waals surface area contributed by atoms with Crippen LogP contribution in [-0.2, 0) is 9.09 Å². The van der Waals surface area contributed by atoms with E-state index in [2.05, 4.69) is 20.8 Å². The van der Waals surface area contributed by atoms with Gasteiger partial charge in [-0.15, -0.1) is 0 Å². The lowest BCUT2D eigenvalue weighted by molar-refractivity contribution is 0.250. The van der Waals surface area contributed by atoms with Crippen molar-refractivity contribution < 1.29 is 9.09 Å². The Bertz CT molecular complexity index is 200. The van der Waals surface area contributed by atoms with Crippen molar-refractivity contribution in [1.29, 1.82) is 0 Å². The summed E-state index contributed by atoms with van der Waals surface area (Å²) in [6.45, 7) is 19.2. The molecule has 0 aromatic carbocycles. The third-order valence-electron chi connectivity index (χ3n) is 1.69. The Kier molecular flexibility index (Phi) is 14.8. The third kappa shape index (κ3) is 14.1. The fraction of sp³-hybridized carbons (Fsp3) is 1.00. The highest BCUT2D eigenvalue weighted by atomic mass is 31.2. The predicted molar refractivity (Wildman–Crippen MR) is 79.9 cm³/mol. The Morgan fingerprint density at radius 3 is 1.71 bits per heavy atom. The summed E-state index contributed by atoms with van der Waals surface area (Å²) in [6, 6.07) is 0. The summed E-state index contributed by atoms with van der Waals surface area (Å²) in [5.74, 6) is 0. The van der Waals surface area contributed by atoms with E-state index in [4.69, 9.17) is 4.52 Å². The van der Waals surface area contributed by atoms with Crippen LogP contribution < -0.4 is 0 Å². The number of rotatable bonds is 4. The molecule has 1 atom stereocenters. The van der Waals surface area contributed by atoms with Crippen LogP contribution in [0.5, 0.6) is 0 Å². The van der Waals surface area contributed by atoms with E-state index in [1.54, 1.807) is 6.66 Å². The zero-order chi connectivity index (χ0) is 14.7. The first-order valence-electron chi connectivity index (χ1n) is 6.63. The lowest BCUT2D eigenvalue weighted by Gasteiger charge is -2.30. The Hall–Kier alpha value is 0.150. The molecule has 0 saturated heterocycles. The maximum Gasteiger partial charge on any atom is 0.269 e. The van der Waals surface area contributed by atoms with Crippen molar-refractivity contribution in [3.63, 3.8) is 0 Å². The predicted octanol–water partition coefficient (Wildman–Crippen LogP) is 4.88. The molecule has 0 amide bonds. The summed E-state index contributed by atoms with van der Waals surface area (Å²) in [5, 5.41) is 0. The first kappa shape index (κ1) is 22.3. The minimum Gasteiger partial charge on any atom is -0.318 e. The summed E-state index contributed by atoms with van der Waals surface area (Å²) < 4.78 is 18.9. The van der Waals surface area contributed by atoms with Crippen LogP contribution in [0.15, 0.2) is 0 Å². The maximum absolute atomic E-state index is 11.9. The first-order chi connectivity index (χ1) is 7.69. The van der Waals surface area contributed by atoms with Crippen LogP contribution in [0.2, 0.25) is 0 Å². The standard InChI is InChI=1S/C9H22NO2P.2C2H6/c1-7-12-13(6,11)10(5)8-9(2,3)4;2*1-2/h7-8H2,1-6H3;2*1-2H3. The largest absolute Gasteiger partial charge is 0.318 e. The molecule has 0 spiro atoms. The van der Waals surface area contributed by atoms with Gasteiger partial charge in [0, 0.05) is 13.2 Å². The Morgan fingerprint density at radius 2 is 1.47 bits per heavy atom. The molecule has 17 heavy (non-hydrogen) atoms. The quantitative estimate of drug-likeness (QED) is 0.680. The molecule has 0 saturated carbocycles. The van der Waals surface area contributed by atoms with E-state index in [9.17, 15) is 4.57 Å². The van der Waals surface area contributed by atoms with Crippen molar-refractivity contribution >= 4 is 7.52 Å². The highest BCUT2D eigenvalue weighted by Crippen LogP contribution is 2.46. The molecule has 0 aliphatic rings. The van der Waals surface area contributed by atoms with Crippen LogP contribution in [0.25, 0.3) is 0 Å². The Labute approximate surface area is 109 Å². The van der Waals surface area contributed by atoms with Gasteiger partial charge in [-0.3, -0.25) is 4.57 Å². The highest BCUT2D eigenvalue weighted by molar-refractivity contribution is 7.55. The Balaban J connectivity index is -0.000000439. The molecule has 1 unspecified atom stereocenters. The minimum atomic E-state index is -2.55. The lowest BCUT2D eigenvalue weighted by Crippen LogP contribution is -2.27. The van der Waals surface area contributed by atoms with Crippen LogP contribution >= 0.6 is 7.52 Å². The molecule has 0 aromatic heterocycles. The minimum absolute atomic E-state index is 0.150. The molecule has 0 heterocycles. The van der Waals surface area contributed by atoms with Crippen molar-refractivity contribution in [1.82, 2.24) is 4.67 Å². The molecule has 0 rings (SSSR count). The average molecular weight is 267 g/mol.